The summed E-state index contributed by atoms with van der Waals surface area (Å²) in [5.41, 5.74) is 6.49. The lowest BCUT2D eigenvalue weighted by Gasteiger charge is -2.35. The smallest absolute Gasteiger partial charge is 0.371 e. The number of aromatic nitrogens is 4. The Labute approximate surface area is 599 Å². The second-order valence-corrected chi connectivity index (χ2v) is 29.9. The number of pyridine rings is 4. The van der Waals surface area contributed by atoms with Gasteiger partial charge in [-0.15, -0.1) is 0 Å². The highest BCUT2D eigenvalue weighted by molar-refractivity contribution is 9.10. The van der Waals surface area contributed by atoms with Crippen molar-refractivity contribution in [1.29, 1.82) is 0 Å². The Bertz CT molecular complexity index is 4040. The molecule has 0 spiro atoms. The van der Waals surface area contributed by atoms with Crippen molar-refractivity contribution in [3.05, 3.63) is 254 Å². The van der Waals surface area contributed by atoms with E-state index in [9.17, 15) is 32.3 Å². The zero-order valence-corrected chi connectivity index (χ0v) is 60.1. The van der Waals surface area contributed by atoms with Crippen molar-refractivity contribution in [3.8, 4) is 0 Å². The van der Waals surface area contributed by atoms with Gasteiger partial charge in [-0.05, 0) is 200 Å². The molecule has 7 fully saturated rings. The summed E-state index contributed by atoms with van der Waals surface area (Å²) in [6, 6.07) is 49.9. The largest absolute Gasteiger partial charge is 0.423 e. The monoisotopic (exact) mass is 1450 g/mol. The maximum absolute atomic E-state index is 13.7. The van der Waals surface area contributed by atoms with Crippen molar-refractivity contribution in [2.24, 2.45) is 17.8 Å². The van der Waals surface area contributed by atoms with Crippen LogP contribution in [-0.2, 0) is 32.4 Å². The Hall–Kier alpha value is -7.27. The lowest BCUT2D eigenvalue weighted by molar-refractivity contribution is -0.138. The van der Waals surface area contributed by atoms with Crippen LogP contribution in [0, 0.1) is 17.8 Å². The summed E-state index contributed by atoms with van der Waals surface area (Å²) in [6.07, 6.45) is 20.0. The first-order valence-corrected chi connectivity index (χ1v) is 37.8. The van der Waals surface area contributed by atoms with Crippen LogP contribution in [0.2, 0.25) is 10.0 Å². The molecule has 4 aromatic heterocycles. The lowest BCUT2D eigenvalue weighted by atomic mass is 9.89. The molecular formula is C81H94BrCl2F3N8O4. The van der Waals surface area contributed by atoms with E-state index in [2.05, 4.69) is 147 Å². The summed E-state index contributed by atoms with van der Waals surface area (Å²) < 4.78 is 48.4. The molecule has 0 bridgehead atoms. The number of benzene rings is 4. The van der Waals surface area contributed by atoms with Crippen molar-refractivity contribution in [1.82, 2.24) is 18.3 Å². The van der Waals surface area contributed by atoms with Gasteiger partial charge in [-0.25, -0.2) is 0 Å². The van der Waals surface area contributed by atoms with Gasteiger partial charge in [-0.3, -0.25) is 19.2 Å². The number of alkyl halides is 3. The molecule has 0 unspecified atom stereocenters. The van der Waals surface area contributed by atoms with E-state index < -0.39 is 17.3 Å². The minimum absolute atomic E-state index is 0.0334. The highest BCUT2D eigenvalue weighted by atomic mass is 79.9. The van der Waals surface area contributed by atoms with E-state index in [1.807, 2.05) is 53.5 Å². The van der Waals surface area contributed by atoms with Gasteiger partial charge in [-0.1, -0.05) is 158 Å². The van der Waals surface area contributed by atoms with E-state index in [-0.39, 0.29) is 22.4 Å². The number of halogens is 6. The summed E-state index contributed by atoms with van der Waals surface area (Å²) in [5, 5.41) is 0.753. The molecule has 8 aromatic rings. The first kappa shape index (κ1) is 71.6. The van der Waals surface area contributed by atoms with Crippen molar-refractivity contribution in [2.45, 2.75) is 166 Å². The van der Waals surface area contributed by atoms with E-state index >= 15 is 0 Å². The number of hydrogen-bond acceptors (Lipinski definition) is 8. The van der Waals surface area contributed by atoms with Gasteiger partial charge in [-0.2, -0.15) is 13.2 Å². The highest BCUT2D eigenvalue weighted by Gasteiger charge is 2.40. The van der Waals surface area contributed by atoms with Gasteiger partial charge in [0.2, 0.25) is 0 Å². The Kier molecular flexibility index (Phi) is 24.2. The zero-order chi connectivity index (χ0) is 69.0. The number of unbranched alkanes of at least 4 members (excludes halogenated alkanes) is 1. The minimum atomic E-state index is -4.64. The Morgan fingerprint density at radius 1 is 0.374 bits per heavy atom. The summed E-state index contributed by atoms with van der Waals surface area (Å²) in [4.78, 5) is 58.6. The van der Waals surface area contributed by atoms with E-state index in [4.69, 9.17) is 23.2 Å². The highest BCUT2D eigenvalue weighted by Crippen LogP contribution is 2.41. The average molecular weight is 1450 g/mol. The molecule has 4 aromatic carbocycles. The van der Waals surface area contributed by atoms with Crippen molar-refractivity contribution in [2.75, 3.05) is 72.0 Å². The SMILES string of the molecule is CCCCn1ccc(N2CCC(c3ccccc3)CC2)c(Cl)c1=O.O=c1c(Br)c(N2CCC(c3ccccc3)CC2)ccn1CC1CC1.O=c1c(C(F)(F)F)c(N2CCC(c3ccccc3)CC2)ccn1CC1CC1.O=c1c(Cl)c(N2CCC(c3ccccc3)CC2)ccn1CC1CC1. The fraction of sp³-hybridized carbons (Fsp3) is 0.457. The van der Waals surface area contributed by atoms with Gasteiger partial charge < -0.3 is 37.9 Å². The molecular weight excluding hydrogens is 1360 g/mol. The van der Waals surface area contributed by atoms with E-state index in [1.165, 1.54) is 64.8 Å². The van der Waals surface area contributed by atoms with Crippen LogP contribution < -0.4 is 41.8 Å². The minimum Gasteiger partial charge on any atom is -0.371 e. The van der Waals surface area contributed by atoms with Crippen molar-refractivity contribution < 1.29 is 13.2 Å². The van der Waals surface area contributed by atoms with E-state index in [1.54, 1.807) is 14.0 Å². The molecule has 0 N–H and O–H groups in total. The molecule has 4 saturated heterocycles. The molecule has 4 aliphatic heterocycles. The van der Waals surface area contributed by atoms with Crippen molar-refractivity contribution in [3.63, 3.8) is 0 Å². The third-order valence-corrected chi connectivity index (χ3v) is 22.8. The third-order valence-electron chi connectivity index (χ3n) is 21.3. The van der Waals surface area contributed by atoms with Gasteiger partial charge in [0.1, 0.15) is 20.1 Å². The summed E-state index contributed by atoms with van der Waals surface area (Å²) in [7, 11) is 0. The molecule has 3 aliphatic carbocycles. The maximum Gasteiger partial charge on any atom is 0.423 e. The predicted molar refractivity (Wildman–Crippen MR) is 401 cm³/mol. The Morgan fingerprint density at radius 3 is 0.990 bits per heavy atom. The van der Waals surface area contributed by atoms with Crippen molar-refractivity contribution >= 4 is 61.9 Å². The molecule has 18 heteroatoms. The molecule has 524 valence electrons. The normalized spacial score (nSPS) is 18.0. The summed E-state index contributed by atoms with van der Waals surface area (Å²) in [6.45, 7) is 11.8. The second-order valence-electron chi connectivity index (χ2n) is 28.4. The molecule has 15 rings (SSSR count). The fourth-order valence-electron chi connectivity index (χ4n) is 14.8. The maximum atomic E-state index is 13.7. The standard InChI is InChI=1S/C21H23F3N2O.C20H23BrN2O.C20H23ClN2O.C20H25ClN2O/c22-21(23,24)19-18(10-13-26(20(19)27)14-15-6-7-15)25-11-8-17(9-12-25)16-4-2-1-3-5-16;2*21-19-18(10-13-23(20(19)24)14-15-6-7-15)22-11-8-17(9-12-22)16-4-2-1-3-5-16;1-2-3-12-23-15-11-18(19(21)20(23)24)22-13-9-17(10-14-22)16-7-5-4-6-8-16/h1-5,10,13,15,17H,6-9,11-12,14H2;2*1-5,10,13,15,17H,6-9,11-12,14H2;4-8,11,15,17H,2-3,9-10,12-14H2,1H3. The summed E-state index contributed by atoms with van der Waals surface area (Å²) in [5.74, 6) is 3.93. The van der Waals surface area contributed by atoms with E-state index in [0.29, 0.717) is 71.1 Å². The van der Waals surface area contributed by atoms with Crippen LogP contribution in [0.5, 0.6) is 0 Å². The third kappa shape index (κ3) is 18.6. The molecule has 7 aliphatic rings. The quantitative estimate of drug-likeness (QED) is 0.0889. The van der Waals surface area contributed by atoms with Gasteiger partial charge >= 0.3 is 6.18 Å². The van der Waals surface area contributed by atoms with Crippen LogP contribution in [0.4, 0.5) is 35.9 Å². The molecule has 8 heterocycles. The van der Waals surface area contributed by atoms with Crippen LogP contribution in [0.1, 0.15) is 161 Å². The summed E-state index contributed by atoms with van der Waals surface area (Å²) >= 11 is 16.4. The van der Waals surface area contributed by atoms with E-state index in [0.717, 1.165) is 157 Å². The molecule has 99 heavy (non-hydrogen) atoms. The molecule has 3 saturated carbocycles. The van der Waals surface area contributed by atoms with Gasteiger partial charge in [0.05, 0.1) is 22.7 Å². The van der Waals surface area contributed by atoms with Gasteiger partial charge in [0, 0.05) is 103 Å². The predicted octanol–water partition coefficient (Wildman–Crippen LogP) is 18.0. The first-order chi connectivity index (χ1) is 48.1. The lowest BCUT2D eigenvalue weighted by Crippen LogP contribution is -2.38. The number of rotatable bonds is 17. The molecule has 0 amide bonds. The van der Waals surface area contributed by atoms with Crippen LogP contribution in [0.15, 0.2) is 194 Å². The fourth-order valence-corrected chi connectivity index (χ4v) is 16.0. The molecule has 12 nitrogen and oxygen atoms in total. The van der Waals surface area contributed by atoms with Crippen LogP contribution in [0.3, 0.4) is 0 Å². The second kappa shape index (κ2) is 33.5. The van der Waals surface area contributed by atoms with Gasteiger partial charge in [0.25, 0.3) is 22.2 Å². The van der Waals surface area contributed by atoms with Crippen LogP contribution in [-0.4, -0.2) is 70.6 Å². The molecule has 0 atom stereocenters. The number of anilines is 4. The Balaban J connectivity index is 0.000000126. The van der Waals surface area contributed by atoms with Crippen LogP contribution in [0.25, 0.3) is 0 Å². The van der Waals surface area contributed by atoms with Gasteiger partial charge in [0.15, 0.2) is 0 Å². The van der Waals surface area contributed by atoms with Crippen LogP contribution >= 0.6 is 39.1 Å². The number of hydrogen-bond donors (Lipinski definition) is 0. The number of nitrogens with zero attached hydrogens (tertiary/aromatic N) is 8. The number of piperidine rings is 4. The number of aryl methyl sites for hydroxylation is 1. The Morgan fingerprint density at radius 2 is 0.657 bits per heavy atom. The topological polar surface area (TPSA) is 101 Å². The molecule has 0 radical (unpaired) electrons. The first-order valence-electron chi connectivity index (χ1n) is 36.2. The zero-order valence-electron chi connectivity index (χ0n) is 57.0. The average Bonchev–Trinajstić information content (AvgIpc) is 1.76.